The molecule has 0 aliphatic carbocycles. The second-order valence-corrected chi connectivity index (χ2v) is 5.05. The summed E-state index contributed by atoms with van der Waals surface area (Å²) in [5.41, 5.74) is -1.87. The van der Waals surface area contributed by atoms with Crippen molar-refractivity contribution in [3.8, 4) is 0 Å². The summed E-state index contributed by atoms with van der Waals surface area (Å²) in [6.45, 7) is 4.08. The smallest absolute Gasteiger partial charge is 0.321 e. The van der Waals surface area contributed by atoms with Crippen LogP contribution in [0.3, 0.4) is 0 Å². The molecule has 2 heterocycles. The maximum atomic E-state index is 12.9. The van der Waals surface area contributed by atoms with Gasteiger partial charge >= 0.3 is 11.9 Å². The van der Waals surface area contributed by atoms with Crippen LogP contribution in [0.15, 0.2) is 6.20 Å². The van der Waals surface area contributed by atoms with Crippen molar-refractivity contribution in [2.75, 3.05) is 5.32 Å². The SMILES string of the molecule is Cc1[nH]nc(C(F)(F)F)c1NC(=O)C(C)n1ncc([N+](=O)[O-])c1C. The Hall–Kier alpha value is -2.92. The van der Waals surface area contributed by atoms with E-state index < -0.39 is 34.4 Å². The molecule has 0 saturated heterocycles. The minimum atomic E-state index is -4.74. The van der Waals surface area contributed by atoms with E-state index in [0.29, 0.717) is 0 Å². The van der Waals surface area contributed by atoms with Gasteiger partial charge in [0.05, 0.1) is 16.3 Å². The molecule has 0 bridgehead atoms. The van der Waals surface area contributed by atoms with Crippen molar-refractivity contribution >= 4 is 17.3 Å². The van der Waals surface area contributed by atoms with Crippen LogP contribution in [0.5, 0.6) is 0 Å². The Bertz CT molecular complexity index is 795. The van der Waals surface area contributed by atoms with Gasteiger partial charge in [0, 0.05) is 0 Å². The third-order valence-electron chi connectivity index (χ3n) is 3.43. The average molecular weight is 346 g/mol. The number of hydrogen-bond acceptors (Lipinski definition) is 5. The van der Waals surface area contributed by atoms with E-state index in [1.165, 1.54) is 20.8 Å². The van der Waals surface area contributed by atoms with Crippen LogP contribution in [-0.2, 0) is 11.0 Å². The highest BCUT2D eigenvalue weighted by molar-refractivity contribution is 5.94. The summed E-state index contributed by atoms with van der Waals surface area (Å²) in [7, 11) is 0. The Morgan fingerprint density at radius 1 is 1.46 bits per heavy atom. The van der Waals surface area contributed by atoms with Gasteiger partial charge in [0.2, 0.25) is 5.91 Å². The fourth-order valence-corrected chi connectivity index (χ4v) is 2.11. The minimum absolute atomic E-state index is 0.0334. The predicted octanol–water partition coefficient (Wildman–Crippen LogP) is 2.35. The Balaban J connectivity index is 2.28. The normalized spacial score (nSPS) is 12.9. The molecule has 0 saturated carbocycles. The monoisotopic (exact) mass is 346 g/mol. The maximum absolute atomic E-state index is 12.9. The molecule has 2 aromatic heterocycles. The van der Waals surface area contributed by atoms with Crippen LogP contribution in [0.1, 0.15) is 30.0 Å². The van der Waals surface area contributed by atoms with Gasteiger partial charge in [-0.3, -0.25) is 24.7 Å². The first-order valence-electron chi connectivity index (χ1n) is 6.65. The molecule has 12 heteroatoms. The summed E-state index contributed by atoms with van der Waals surface area (Å²) >= 11 is 0. The molecule has 1 amide bonds. The lowest BCUT2D eigenvalue weighted by molar-refractivity contribution is -0.385. The number of nitrogens with zero attached hydrogens (tertiary/aromatic N) is 4. The van der Waals surface area contributed by atoms with E-state index in [9.17, 15) is 28.1 Å². The summed E-state index contributed by atoms with van der Waals surface area (Å²) in [5, 5.41) is 22.0. The first kappa shape index (κ1) is 17.4. The van der Waals surface area contributed by atoms with Crippen molar-refractivity contribution in [3.63, 3.8) is 0 Å². The van der Waals surface area contributed by atoms with E-state index in [1.54, 1.807) is 0 Å². The van der Waals surface area contributed by atoms with Gasteiger partial charge in [-0.25, -0.2) is 0 Å². The molecule has 2 rings (SSSR count). The third kappa shape index (κ3) is 3.07. The fraction of sp³-hybridized carbons (Fsp3) is 0.417. The quantitative estimate of drug-likeness (QED) is 0.650. The highest BCUT2D eigenvalue weighted by Crippen LogP contribution is 2.35. The number of nitrogens with one attached hydrogen (secondary N) is 2. The molecule has 2 N–H and O–H groups in total. The lowest BCUT2D eigenvalue weighted by Gasteiger charge is -2.15. The van der Waals surface area contributed by atoms with Crippen LogP contribution >= 0.6 is 0 Å². The molecule has 0 spiro atoms. The summed E-state index contributed by atoms with van der Waals surface area (Å²) in [6.07, 6.45) is -3.76. The molecule has 130 valence electrons. The summed E-state index contributed by atoms with van der Waals surface area (Å²) < 4.78 is 39.7. The van der Waals surface area contributed by atoms with Gasteiger partial charge in [0.15, 0.2) is 5.69 Å². The first-order valence-corrected chi connectivity index (χ1v) is 6.65. The zero-order chi connectivity index (χ0) is 18.2. The first-order chi connectivity index (χ1) is 11.0. The number of amides is 1. The van der Waals surface area contributed by atoms with Gasteiger partial charge < -0.3 is 5.32 Å². The van der Waals surface area contributed by atoms with E-state index in [0.717, 1.165) is 10.9 Å². The van der Waals surface area contributed by atoms with Crippen LogP contribution in [0.25, 0.3) is 0 Å². The van der Waals surface area contributed by atoms with Crippen LogP contribution in [-0.4, -0.2) is 30.8 Å². The van der Waals surface area contributed by atoms with Crippen molar-refractivity contribution in [2.24, 2.45) is 0 Å². The summed E-state index contributed by atoms with van der Waals surface area (Å²) in [6, 6.07) is -1.06. The zero-order valence-electron chi connectivity index (χ0n) is 12.8. The second kappa shape index (κ2) is 5.94. The summed E-state index contributed by atoms with van der Waals surface area (Å²) in [5.74, 6) is -0.814. The lowest BCUT2D eigenvalue weighted by Crippen LogP contribution is -2.26. The number of aromatic nitrogens is 4. The fourth-order valence-electron chi connectivity index (χ4n) is 2.11. The van der Waals surface area contributed by atoms with Gasteiger partial charge in [-0.05, 0) is 20.8 Å². The van der Waals surface area contributed by atoms with Crippen molar-refractivity contribution in [1.82, 2.24) is 20.0 Å². The Labute approximate surface area is 133 Å². The molecule has 0 radical (unpaired) electrons. The highest BCUT2D eigenvalue weighted by atomic mass is 19.4. The minimum Gasteiger partial charge on any atom is -0.321 e. The number of aryl methyl sites for hydroxylation is 1. The van der Waals surface area contributed by atoms with Crippen molar-refractivity contribution in [2.45, 2.75) is 33.0 Å². The predicted molar refractivity (Wildman–Crippen MR) is 75.3 cm³/mol. The summed E-state index contributed by atoms with van der Waals surface area (Å²) in [4.78, 5) is 22.4. The van der Waals surface area contributed by atoms with E-state index >= 15 is 0 Å². The largest absolute Gasteiger partial charge is 0.437 e. The Morgan fingerprint density at radius 2 is 2.08 bits per heavy atom. The van der Waals surface area contributed by atoms with Crippen molar-refractivity contribution in [1.29, 1.82) is 0 Å². The molecular formula is C12H13F3N6O3. The average Bonchev–Trinajstić information content (AvgIpc) is 3.01. The number of hydrogen-bond donors (Lipinski definition) is 2. The number of carbonyl (C=O) groups excluding carboxylic acids is 1. The van der Waals surface area contributed by atoms with E-state index in [4.69, 9.17) is 0 Å². The Morgan fingerprint density at radius 3 is 2.58 bits per heavy atom. The van der Waals surface area contributed by atoms with Crippen LogP contribution in [0, 0.1) is 24.0 Å². The van der Waals surface area contributed by atoms with E-state index in [2.05, 4.69) is 20.6 Å². The number of nitro groups is 1. The molecule has 24 heavy (non-hydrogen) atoms. The topological polar surface area (TPSA) is 119 Å². The maximum Gasteiger partial charge on any atom is 0.437 e. The van der Waals surface area contributed by atoms with Gasteiger partial charge in [-0.1, -0.05) is 0 Å². The highest BCUT2D eigenvalue weighted by Gasteiger charge is 2.38. The standard InChI is InChI=1S/C12H13F3N6O3/c1-5-9(10(19-18-5)12(13,14)15)17-11(22)7(3)20-6(2)8(4-16-20)21(23)24/h4,7H,1-3H3,(H,17,22)(H,18,19). The van der Waals surface area contributed by atoms with Gasteiger partial charge in [0.1, 0.15) is 17.9 Å². The molecule has 0 aliphatic heterocycles. The number of alkyl halides is 3. The van der Waals surface area contributed by atoms with E-state index in [1.807, 2.05) is 0 Å². The van der Waals surface area contributed by atoms with Gasteiger partial charge in [0.25, 0.3) is 0 Å². The molecule has 0 aromatic carbocycles. The molecule has 2 aromatic rings. The number of anilines is 1. The van der Waals surface area contributed by atoms with Crippen LogP contribution < -0.4 is 5.32 Å². The second-order valence-electron chi connectivity index (χ2n) is 5.05. The van der Waals surface area contributed by atoms with Crippen molar-refractivity contribution in [3.05, 3.63) is 33.4 Å². The number of carbonyl (C=O) groups is 1. The van der Waals surface area contributed by atoms with E-state index in [-0.39, 0.29) is 17.1 Å². The lowest BCUT2D eigenvalue weighted by atomic mass is 10.2. The van der Waals surface area contributed by atoms with Gasteiger partial charge in [-0.15, -0.1) is 0 Å². The zero-order valence-corrected chi connectivity index (χ0v) is 12.8. The number of halogens is 3. The molecule has 9 nitrogen and oxygen atoms in total. The van der Waals surface area contributed by atoms with Crippen LogP contribution in [0.2, 0.25) is 0 Å². The third-order valence-corrected chi connectivity index (χ3v) is 3.43. The number of H-pyrrole nitrogens is 1. The number of rotatable bonds is 4. The number of aromatic amines is 1. The molecule has 0 fully saturated rings. The Kier molecular flexibility index (Phi) is 4.32. The van der Waals surface area contributed by atoms with Crippen molar-refractivity contribution < 1.29 is 22.9 Å². The van der Waals surface area contributed by atoms with Crippen LogP contribution in [0.4, 0.5) is 24.5 Å². The molecular weight excluding hydrogens is 333 g/mol. The molecule has 0 aliphatic rings. The molecule has 1 atom stereocenters. The van der Waals surface area contributed by atoms with Gasteiger partial charge in [-0.2, -0.15) is 23.4 Å². The molecule has 1 unspecified atom stereocenters.